The molecule has 5 heteroatoms. The molecule has 0 spiro atoms. The fourth-order valence-electron chi connectivity index (χ4n) is 1.43. The first-order valence-electron chi connectivity index (χ1n) is 5.52. The molecular weight excluding hydrogens is 287 g/mol. The lowest BCUT2D eigenvalue weighted by Crippen LogP contribution is -2.16. The lowest BCUT2D eigenvalue weighted by atomic mass is 10.2. The van der Waals surface area contributed by atoms with Gasteiger partial charge in [-0.05, 0) is 53.0 Å². The second-order valence-electron chi connectivity index (χ2n) is 3.85. The third-order valence-electron chi connectivity index (χ3n) is 2.34. The molecule has 17 heavy (non-hydrogen) atoms. The molecule has 0 aromatic heterocycles. The molecule has 3 N–H and O–H groups in total. The van der Waals surface area contributed by atoms with Crippen molar-refractivity contribution in [2.24, 2.45) is 5.73 Å². The summed E-state index contributed by atoms with van der Waals surface area (Å²) in [6, 6.07) is 4.94. The van der Waals surface area contributed by atoms with Gasteiger partial charge in [-0.3, -0.25) is 4.79 Å². The average molecular weight is 303 g/mol. The van der Waals surface area contributed by atoms with Crippen LogP contribution in [-0.2, 0) is 11.3 Å². The molecule has 0 aliphatic rings. The number of halogens is 2. The normalized spacial score (nSPS) is 10.5. The van der Waals surface area contributed by atoms with Crippen molar-refractivity contribution < 1.29 is 9.18 Å². The molecule has 3 nitrogen and oxygen atoms in total. The summed E-state index contributed by atoms with van der Waals surface area (Å²) in [7, 11) is 0. The highest BCUT2D eigenvalue weighted by molar-refractivity contribution is 9.10. The molecule has 1 amide bonds. The number of unbranched alkanes of at least 4 members (excludes halogenated alkanes) is 1. The Kier molecular flexibility index (Phi) is 6.15. The van der Waals surface area contributed by atoms with Crippen LogP contribution in [0, 0.1) is 5.82 Å². The van der Waals surface area contributed by atoms with E-state index < -0.39 is 0 Å². The second-order valence-corrected chi connectivity index (χ2v) is 4.70. The van der Waals surface area contributed by atoms with Crippen LogP contribution in [0.3, 0.4) is 0 Å². The molecule has 1 rings (SSSR count). The number of amides is 1. The lowest BCUT2D eigenvalue weighted by Gasteiger charge is -2.05. The highest BCUT2D eigenvalue weighted by Crippen LogP contribution is 2.16. The van der Waals surface area contributed by atoms with E-state index in [-0.39, 0.29) is 11.7 Å². The van der Waals surface area contributed by atoms with E-state index in [1.807, 2.05) is 0 Å². The number of nitrogens with two attached hydrogens (primary N) is 1. The van der Waals surface area contributed by atoms with Gasteiger partial charge in [0.25, 0.3) is 0 Å². The third kappa shape index (κ3) is 5.79. The van der Waals surface area contributed by atoms with Gasteiger partial charge in [-0.2, -0.15) is 0 Å². The van der Waals surface area contributed by atoms with Crippen molar-refractivity contribution in [2.45, 2.75) is 25.8 Å². The molecule has 0 bridgehead atoms. The molecule has 0 heterocycles. The van der Waals surface area contributed by atoms with Gasteiger partial charge in [-0.1, -0.05) is 6.07 Å². The standard InChI is InChI=1S/C12H16BrFN2O/c13-10-7-9(4-5-11(10)14)8-16-6-2-1-3-12(15)17/h4-5,7,16H,1-3,6,8H2,(H2,15,17). The van der Waals surface area contributed by atoms with Gasteiger partial charge in [0.15, 0.2) is 0 Å². The first-order valence-corrected chi connectivity index (χ1v) is 6.32. The first kappa shape index (κ1) is 14.1. The Morgan fingerprint density at radius 3 is 2.82 bits per heavy atom. The van der Waals surface area contributed by atoms with E-state index in [0.717, 1.165) is 24.9 Å². The number of nitrogens with one attached hydrogen (secondary N) is 1. The minimum absolute atomic E-state index is 0.254. The van der Waals surface area contributed by atoms with Crippen LogP contribution >= 0.6 is 15.9 Å². The monoisotopic (exact) mass is 302 g/mol. The number of primary amides is 1. The van der Waals surface area contributed by atoms with Gasteiger partial charge in [0.2, 0.25) is 5.91 Å². The van der Waals surface area contributed by atoms with Crippen LogP contribution < -0.4 is 11.1 Å². The summed E-state index contributed by atoms with van der Waals surface area (Å²) in [6.45, 7) is 1.51. The minimum Gasteiger partial charge on any atom is -0.370 e. The molecule has 0 radical (unpaired) electrons. The summed E-state index contributed by atoms with van der Waals surface area (Å²) in [5, 5.41) is 3.23. The number of benzene rings is 1. The summed E-state index contributed by atoms with van der Waals surface area (Å²) >= 11 is 3.14. The number of rotatable bonds is 7. The Morgan fingerprint density at radius 1 is 1.41 bits per heavy atom. The molecule has 0 aliphatic carbocycles. The summed E-state index contributed by atoms with van der Waals surface area (Å²) in [6.07, 6.45) is 2.14. The van der Waals surface area contributed by atoms with Crippen LogP contribution in [0.15, 0.2) is 22.7 Å². The largest absolute Gasteiger partial charge is 0.370 e. The first-order chi connectivity index (χ1) is 8.09. The van der Waals surface area contributed by atoms with Crippen LogP contribution in [0.5, 0.6) is 0 Å². The second kappa shape index (κ2) is 7.40. The van der Waals surface area contributed by atoms with Crippen molar-refractivity contribution in [3.63, 3.8) is 0 Å². The Labute approximate surface area is 109 Å². The van der Waals surface area contributed by atoms with Gasteiger partial charge >= 0.3 is 0 Å². The Balaban J connectivity index is 2.18. The summed E-state index contributed by atoms with van der Waals surface area (Å²) in [5.74, 6) is -0.511. The number of carbonyl (C=O) groups excluding carboxylic acids is 1. The van der Waals surface area contributed by atoms with Crippen molar-refractivity contribution in [2.75, 3.05) is 6.54 Å². The average Bonchev–Trinajstić information content (AvgIpc) is 2.27. The molecule has 0 unspecified atom stereocenters. The number of carbonyl (C=O) groups is 1. The summed E-state index contributed by atoms with van der Waals surface area (Å²) < 4.78 is 13.4. The Bertz CT molecular complexity index is 385. The van der Waals surface area contributed by atoms with Crippen molar-refractivity contribution in [1.29, 1.82) is 0 Å². The zero-order chi connectivity index (χ0) is 12.7. The SMILES string of the molecule is NC(=O)CCCCNCc1ccc(F)c(Br)c1. The van der Waals surface area contributed by atoms with Crippen molar-refractivity contribution in [1.82, 2.24) is 5.32 Å². The van der Waals surface area contributed by atoms with Gasteiger partial charge in [0.1, 0.15) is 5.82 Å². The molecule has 0 atom stereocenters. The zero-order valence-electron chi connectivity index (χ0n) is 9.51. The molecule has 0 fully saturated rings. The van der Waals surface area contributed by atoms with E-state index in [1.54, 1.807) is 12.1 Å². The number of hydrogen-bond acceptors (Lipinski definition) is 2. The van der Waals surface area contributed by atoms with Crippen molar-refractivity contribution in [3.8, 4) is 0 Å². The van der Waals surface area contributed by atoms with Gasteiger partial charge < -0.3 is 11.1 Å². The molecule has 0 saturated carbocycles. The van der Waals surface area contributed by atoms with Crippen LogP contribution in [0.2, 0.25) is 0 Å². The topological polar surface area (TPSA) is 55.1 Å². The van der Waals surface area contributed by atoms with E-state index in [2.05, 4.69) is 21.2 Å². The van der Waals surface area contributed by atoms with Gasteiger partial charge in [-0.25, -0.2) is 4.39 Å². The maximum absolute atomic E-state index is 13.0. The fraction of sp³-hybridized carbons (Fsp3) is 0.417. The fourth-order valence-corrected chi connectivity index (χ4v) is 1.86. The molecule has 1 aromatic rings. The van der Waals surface area contributed by atoms with Gasteiger partial charge in [0, 0.05) is 13.0 Å². The molecule has 94 valence electrons. The van der Waals surface area contributed by atoms with Gasteiger partial charge in [0.05, 0.1) is 4.47 Å². The van der Waals surface area contributed by atoms with Crippen molar-refractivity contribution in [3.05, 3.63) is 34.1 Å². The maximum atomic E-state index is 13.0. The van der Waals surface area contributed by atoms with E-state index in [9.17, 15) is 9.18 Å². The van der Waals surface area contributed by atoms with Crippen LogP contribution in [0.4, 0.5) is 4.39 Å². The van der Waals surface area contributed by atoms with E-state index >= 15 is 0 Å². The Hall–Kier alpha value is -0.940. The zero-order valence-corrected chi connectivity index (χ0v) is 11.1. The highest BCUT2D eigenvalue weighted by atomic mass is 79.9. The molecule has 1 aromatic carbocycles. The van der Waals surface area contributed by atoms with Crippen LogP contribution in [0.25, 0.3) is 0 Å². The molecule has 0 saturated heterocycles. The lowest BCUT2D eigenvalue weighted by molar-refractivity contribution is -0.118. The maximum Gasteiger partial charge on any atom is 0.217 e. The van der Waals surface area contributed by atoms with Crippen LogP contribution in [0.1, 0.15) is 24.8 Å². The predicted octanol–water partition coefficient (Wildman–Crippen LogP) is 2.33. The predicted molar refractivity (Wildman–Crippen MR) is 68.9 cm³/mol. The smallest absolute Gasteiger partial charge is 0.217 e. The Morgan fingerprint density at radius 2 is 2.18 bits per heavy atom. The van der Waals surface area contributed by atoms with Crippen LogP contribution in [-0.4, -0.2) is 12.5 Å². The van der Waals surface area contributed by atoms with E-state index in [1.165, 1.54) is 6.07 Å². The summed E-state index contributed by atoms with van der Waals surface area (Å²) in [5.41, 5.74) is 6.05. The summed E-state index contributed by atoms with van der Waals surface area (Å²) in [4.78, 5) is 10.5. The minimum atomic E-state index is -0.257. The molecule has 0 aliphatic heterocycles. The van der Waals surface area contributed by atoms with E-state index in [0.29, 0.717) is 17.4 Å². The quantitative estimate of drug-likeness (QED) is 0.760. The number of hydrogen-bond donors (Lipinski definition) is 2. The van der Waals surface area contributed by atoms with Crippen molar-refractivity contribution >= 4 is 21.8 Å². The van der Waals surface area contributed by atoms with Gasteiger partial charge in [-0.15, -0.1) is 0 Å². The molecular formula is C12H16BrFN2O. The highest BCUT2D eigenvalue weighted by Gasteiger charge is 2.00. The van der Waals surface area contributed by atoms with E-state index in [4.69, 9.17) is 5.73 Å². The third-order valence-corrected chi connectivity index (χ3v) is 2.95.